The average molecular weight is 500 g/mol. The molecule has 2 aromatic carbocycles. The molecule has 3 aliphatic rings. The average Bonchev–Trinajstić information content (AvgIpc) is 3.27. The van der Waals surface area contributed by atoms with Crippen molar-refractivity contribution in [3.8, 4) is 5.75 Å². The number of para-hydroxylation sites is 1. The van der Waals surface area contributed by atoms with Crippen molar-refractivity contribution in [2.75, 3.05) is 20.1 Å². The Morgan fingerprint density at radius 1 is 1.11 bits per heavy atom. The number of fused-ring (bicyclic) bond motifs is 3. The van der Waals surface area contributed by atoms with Crippen molar-refractivity contribution in [3.63, 3.8) is 0 Å². The number of ether oxygens (including phenoxy) is 1. The number of rotatable bonds is 9. The number of halogens is 3. The molecular formula is C28H32F3N3O2. The number of aromatic nitrogens is 2. The summed E-state index contributed by atoms with van der Waals surface area (Å²) in [5, 5.41) is 11.5. The zero-order chi connectivity index (χ0) is 25.3. The fourth-order valence-electron chi connectivity index (χ4n) is 5.83. The fourth-order valence-corrected chi connectivity index (χ4v) is 5.83. The Labute approximate surface area is 209 Å². The third-order valence-electron chi connectivity index (χ3n) is 7.67. The number of alkyl halides is 3. The van der Waals surface area contributed by atoms with Crippen LogP contribution in [-0.4, -0.2) is 52.1 Å². The van der Waals surface area contributed by atoms with Gasteiger partial charge in [-0.25, -0.2) is 4.98 Å². The van der Waals surface area contributed by atoms with Gasteiger partial charge in [0.05, 0.1) is 11.1 Å². The summed E-state index contributed by atoms with van der Waals surface area (Å²) in [5.74, 6) is 0.944. The third-order valence-corrected chi connectivity index (χ3v) is 7.67. The second kappa shape index (κ2) is 9.90. The molecule has 192 valence electrons. The van der Waals surface area contributed by atoms with Crippen molar-refractivity contribution < 1.29 is 23.0 Å². The highest BCUT2D eigenvalue weighted by Gasteiger charge is 2.46. The van der Waals surface area contributed by atoms with Crippen molar-refractivity contribution in [1.82, 2.24) is 14.9 Å². The van der Waals surface area contributed by atoms with Gasteiger partial charge >= 0.3 is 6.36 Å². The lowest BCUT2D eigenvalue weighted by atomic mass is 9.61. The van der Waals surface area contributed by atoms with Crippen LogP contribution in [0.15, 0.2) is 54.6 Å². The van der Waals surface area contributed by atoms with Gasteiger partial charge in [0.25, 0.3) is 0 Å². The maximum absolute atomic E-state index is 12.7. The summed E-state index contributed by atoms with van der Waals surface area (Å²) in [6.07, 6.45) is 2.68. The molecule has 6 rings (SSSR count). The molecule has 1 fully saturated rings. The molecule has 1 heterocycles. The van der Waals surface area contributed by atoms with E-state index in [9.17, 15) is 18.3 Å². The molecular weight excluding hydrogens is 467 g/mol. The largest absolute Gasteiger partial charge is 0.573 e. The smallest absolute Gasteiger partial charge is 0.403 e. The van der Waals surface area contributed by atoms with Crippen LogP contribution in [0.5, 0.6) is 5.75 Å². The van der Waals surface area contributed by atoms with Crippen molar-refractivity contribution in [2.45, 2.75) is 50.5 Å². The van der Waals surface area contributed by atoms with Crippen LogP contribution in [0.25, 0.3) is 16.6 Å². The molecule has 2 N–H and O–H groups in total. The van der Waals surface area contributed by atoms with Gasteiger partial charge in [-0.3, -0.25) is 0 Å². The topological polar surface area (TPSA) is 61.4 Å². The molecule has 3 aliphatic carbocycles. The van der Waals surface area contributed by atoms with E-state index in [4.69, 9.17) is 0 Å². The van der Waals surface area contributed by atoms with Gasteiger partial charge in [-0.15, -0.1) is 13.2 Å². The number of nitrogens with zero attached hydrogens (tertiary/aromatic N) is 2. The standard InChI is InChI=1S/C28H32F3N3O2/c1-34(15-6-11-25-32-23-9-5-10-24(26(23)33-25)36-28(29,30)31)16-14-27(35)18-20-12-13-21(27)17-22(20)19-7-3-2-4-8-19/h2-5,7-10,17,20-21,35H,6,11-16,18H2,1H3,(H,32,33)/t20-,21+,27-/m0/s1. The van der Waals surface area contributed by atoms with Gasteiger partial charge in [0, 0.05) is 18.9 Å². The number of imidazole rings is 1. The normalized spacial score (nSPS) is 23.9. The SMILES string of the molecule is CN(CCCc1nc2c(OC(F)(F)F)cccc2[nH]1)CC[C@]1(O)C[C@@H]2CC[C@@H]1C=C2c1ccccc1. The molecule has 0 aliphatic heterocycles. The highest BCUT2D eigenvalue weighted by atomic mass is 19.4. The Bertz CT molecular complexity index is 1220. The third kappa shape index (κ3) is 5.44. The van der Waals surface area contributed by atoms with E-state index in [-0.39, 0.29) is 17.2 Å². The van der Waals surface area contributed by atoms with E-state index in [1.54, 1.807) is 6.07 Å². The number of benzene rings is 2. The molecule has 1 aromatic heterocycles. The molecule has 3 aromatic rings. The number of allylic oxidation sites excluding steroid dienone is 1. The van der Waals surface area contributed by atoms with E-state index in [1.165, 1.54) is 23.3 Å². The number of hydrogen-bond donors (Lipinski definition) is 2. The van der Waals surface area contributed by atoms with Crippen molar-refractivity contribution >= 4 is 16.6 Å². The zero-order valence-corrected chi connectivity index (χ0v) is 20.4. The van der Waals surface area contributed by atoms with Crippen LogP contribution in [0, 0.1) is 11.8 Å². The number of aryl methyl sites for hydroxylation is 1. The maximum atomic E-state index is 12.7. The highest BCUT2D eigenvalue weighted by Crippen LogP contribution is 2.51. The lowest BCUT2D eigenvalue weighted by molar-refractivity contribution is -0.274. The molecule has 0 spiro atoms. The van der Waals surface area contributed by atoms with Gasteiger partial charge in [0.2, 0.25) is 0 Å². The van der Waals surface area contributed by atoms with E-state index in [0.29, 0.717) is 23.7 Å². The fraction of sp³-hybridized carbons (Fsp3) is 0.464. The first-order valence-electron chi connectivity index (χ1n) is 12.6. The number of aliphatic hydroxyl groups is 1. The van der Waals surface area contributed by atoms with Crippen LogP contribution in [0.2, 0.25) is 0 Å². The molecule has 8 heteroatoms. The summed E-state index contributed by atoms with van der Waals surface area (Å²) >= 11 is 0. The van der Waals surface area contributed by atoms with Crippen molar-refractivity contribution in [3.05, 3.63) is 66.0 Å². The molecule has 0 amide bonds. The number of nitrogens with one attached hydrogen (secondary N) is 1. The number of aromatic amines is 1. The Morgan fingerprint density at radius 2 is 1.92 bits per heavy atom. The van der Waals surface area contributed by atoms with E-state index in [0.717, 1.165) is 45.2 Å². The number of H-pyrrole nitrogens is 1. The predicted octanol–water partition coefficient (Wildman–Crippen LogP) is 5.96. The van der Waals surface area contributed by atoms with Crippen LogP contribution in [-0.2, 0) is 6.42 Å². The second-order valence-corrected chi connectivity index (χ2v) is 10.2. The quantitative estimate of drug-likeness (QED) is 0.381. The number of hydrogen-bond acceptors (Lipinski definition) is 4. The first kappa shape index (κ1) is 24.8. The van der Waals surface area contributed by atoms with Gasteiger partial charge in [0.15, 0.2) is 5.75 Å². The van der Waals surface area contributed by atoms with Gasteiger partial charge in [-0.1, -0.05) is 42.5 Å². The first-order chi connectivity index (χ1) is 17.2. The minimum absolute atomic E-state index is 0.190. The van der Waals surface area contributed by atoms with Gasteiger partial charge in [-0.2, -0.15) is 0 Å². The van der Waals surface area contributed by atoms with Crippen LogP contribution < -0.4 is 4.74 Å². The van der Waals surface area contributed by atoms with Gasteiger partial charge in [-0.05, 0) is 74.9 Å². The zero-order valence-electron chi connectivity index (χ0n) is 20.4. The minimum Gasteiger partial charge on any atom is -0.403 e. The first-order valence-corrected chi connectivity index (χ1v) is 12.6. The summed E-state index contributed by atoms with van der Waals surface area (Å²) in [7, 11) is 2.05. The second-order valence-electron chi connectivity index (χ2n) is 10.2. The van der Waals surface area contributed by atoms with Crippen LogP contribution in [0.1, 0.15) is 43.5 Å². The van der Waals surface area contributed by atoms with Crippen molar-refractivity contribution in [1.29, 1.82) is 0 Å². The van der Waals surface area contributed by atoms with E-state index >= 15 is 0 Å². The molecule has 36 heavy (non-hydrogen) atoms. The molecule has 3 atom stereocenters. The highest BCUT2D eigenvalue weighted by molar-refractivity contribution is 5.81. The molecule has 0 radical (unpaired) electrons. The summed E-state index contributed by atoms with van der Waals surface area (Å²) in [5.41, 5.74) is 2.71. The molecule has 0 saturated heterocycles. The monoisotopic (exact) mass is 499 g/mol. The Kier molecular flexibility index (Phi) is 6.83. The van der Waals surface area contributed by atoms with Crippen molar-refractivity contribution in [2.24, 2.45) is 11.8 Å². The van der Waals surface area contributed by atoms with Gasteiger partial charge in [0.1, 0.15) is 11.3 Å². The van der Waals surface area contributed by atoms with Crippen LogP contribution >= 0.6 is 0 Å². The van der Waals surface area contributed by atoms with Crippen LogP contribution in [0.4, 0.5) is 13.2 Å². The molecule has 0 unspecified atom stereocenters. The maximum Gasteiger partial charge on any atom is 0.573 e. The minimum atomic E-state index is -4.75. The molecule has 2 bridgehead atoms. The van der Waals surface area contributed by atoms with E-state index < -0.39 is 12.0 Å². The van der Waals surface area contributed by atoms with E-state index in [2.05, 4.69) is 49.9 Å². The predicted molar refractivity (Wildman–Crippen MR) is 133 cm³/mol. The summed E-state index contributed by atoms with van der Waals surface area (Å²) in [6, 6.07) is 15.0. The van der Waals surface area contributed by atoms with Gasteiger partial charge < -0.3 is 19.7 Å². The summed E-state index contributed by atoms with van der Waals surface area (Å²) < 4.78 is 42.1. The molecule has 5 nitrogen and oxygen atoms in total. The lowest BCUT2D eigenvalue weighted by Gasteiger charge is -2.48. The molecule has 1 saturated carbocycles. The Hall–Kier alpha value is -2.84. The van der Waals surface area contributed by atoms with Crippen LogP contribution in [0.3, 0.4) is 0 Å². The summed E-state index contributed by atoms with van der Waals surface area (Å²) in [6.45, 7) is 1.59. The Balaban J connectivity index is 1.13. The lowest BCUT2D eigenvalue weighted by Crippen LogP contribution is -2.48. The Morgan fingerprint density at radius 3 is 2.64 bits per heavy atom. The van der Waals surface area contributed by atoms with E-state index in [1.807, 2.05) is 13.1 Å². The summed E-state index contributed by atoms with van der Waals surface area (Å²) in [4.78, 5) is 9.65.